The van der Waals surface area contributed by atoms with E-state index < -0.39 is 0 Å². The van der Waals surface area contributed by atoms with E-state index >= 15 is 0 Å². The van der Waals surface area contributed by atoms with Crippen molar-refractivity contribution >= 4 is 55.6 Å². The first kappa shape index (κ1) is 22.5. The number of halogens is 2. The maximum Gasteiger partial charge on any atom is 0.239 e. The summed E-state index contributed by atoms with van der Waals surface area (Å²) in [6, 6.07) is 15.2. The van der Waals surface area contributed by atoms with E-state index in [9.17, 15) is 9.59 Å². The lowest BCUT2D eigenvalue weighted by Crippen LogP contribution is -2.38. The van der Waals surface area contributed by atoms with Crippen molar-refractivity contribution in [2.45, 2.75) is 13.0 Å². The maximum absolute atomic E-state index is 12.5. The Hall–Kier alpha value is -2.68. The molecule has 0 spiro atoms. The third-order valence-corrected chi connectivity index (χ3v) is 6.62. The van der Waals surface area contributed by atoms with Crippen molar-refractivity contribution in [3.63, 3.8) is 0 Å². The van der Waals surface area contributed by atoms with Crippen LogP contribution in [0, 0.1) is 0 Å². The largest absolute Gasteiger partial charge is 0.349 e. The van der Waals surface area contributed by atoms with Crippen LogP contribution in [0.2, 0.25) is 5.02 Å². The zero-order valence-corrected chi connectivity index (χ0v) is 20.4. The molecule has 0 radical (unpaired) electrons. The Labute approximate surface area is 203 Å². The van der Waals surface area contributed by atoms with Crippen LogP contribution in [0.5, 0.6) is 0 Å². The van der Waals surface area contributed by atoms with Gasteiger partial charge in [-0.2, -0.15) is 0 Å². The fourth-order valence-electron chi connectivity index (χ4n) is 3.27. The molecule has 2 aromatic heterocycles. The first-order valence-electron chi connectivity index (χ1n) is 9.85. The van der Waals surface area contributed by atoms with Gasteiger partial charge < -0.3 is 10.2 Å². The predicted molar refractivity (Wildman–Crippen MR) is 131 cm³/mol. The fourth-order valence-corrected chi connectivity index (χ4v) is 4.56. The second kappa shape index (κ2) is 9.85. The van der Waals surface area contributed by atoms with E-state index in [1.807, 2.05) is 40.8 Å². The number of amides is 2. The van der Waals surface area contributed by atoms with Gasteiger partial charge in [-0.3, -0.25) is 14.0 Å². The summed E-state index contributed by atoms with van der Waals surface area (Å²) < 4.78 is 3.06. The molecule has 4 rings (SSSR count). The minimum absolute atomic E-state index is 0.0163. The molecule has 0 saturated heterocycles. The number of imidazole rings is 1. The van der Waals surface area contributed by atoms with E-state index in [1.165, 1.54) is 4.90 Å². The molecule has 0 bridgehead atoms. The number of thiazole rings is 1. The van der Waals surface area contributed by atoms with Crippen LogP contribution in [-0.2, 0) is 22.6 Å². The van der Waals surface area contributed by atoms with Crippen molar-refractivity contribution < 1.29 is 9.59 Å². The summed E-state index contributed by atoms with van der Waals surface area (Å²) >= 11 is 10.9. The van der Waals surface area contributed by atoms with Gasteiger partial charge in [0.25, 0.3) is 0 Å². The number of rotatable bonds is 7. The number of hydrogen-bond donors (Lipinski definition) is 1. The molecule has 32 heavy (non-hydrogen) atoms. The minimum Gasteiger partial charge on any atom is -0.349 e. The third kappa shape index (κ3) is 5.20. The van der Waals surface area contributed by atoms with Crippen molar-refractivity contribution in [1.29, 1.82) is 0 Å². The van der Waals surface area contributed by atoms with Gasteiger partial charge in [0.15, 0.2) is 4.96 Å². The number of benzene rings is 2. The van der Waals surface area contributed by atoms with Crippen molar-refractivity contribution in [2.75, 3.05) is 13.6 Å². The molecule has 4 aromatic rings. The number of fused-ring (bicyclic) bond motifs is 1. The Morgan fingerprint density at radius 2 is 1.88 bits per heavy atom. The van der Waals surface area contributed by atoms with Crippen molar-refractivity contribution in [1.82, 2.24) is 19.6 Å². The average Bonchev–Trinajstić information content (AvgIpc) is 3.37. The number of likely N-dealkylation sites (N-methyl/N-ethyl adjacent to an activating group) is 1. The molecule has 0 aliphatic rings. The second-order valence-electron chi connectivity index (χ2n) is 7.33. The van der Waals surface area contributed by atoms with Crippen LogP contribution in [0.4, 0.5) is 0 Å². The van der Waals surface area contributed by atoms with E-state index in [2.05, 4.69) is 31.6 Å². The molecule has 164 valence electrons. The number of nitrogens with zero attached hydrogens (tertiary/aromatic N) is 3. The highest BCUT2D eigenvalue weighted by Crippen LogP contribution is 2.28. The molecule has 0 saturated carbocycles. The van der Waals surface area contributed by atoms with E-state index in [-0.39, 0.29) is 24.8 Å². The fraction of sp³-hybridized carbons (Fsp3) is 0.174. The average molecular weight is 532 g/mol. The number of carbonyl (C=O) groups excluding carboxylic acids is 2. The molecule has 9 heteroatoms. The van der Waals surface area contributed by atoms with Gasteiger partial charge in [0.05, 0.1) is 37.1 Å². The van der Waals surface area contributed by atoms with E-state index in [4.69, 9.17) is 11.6 Å². The van der Waals surface area contributed by atoms with E-state index in [0.717, 1.165) is 31.9 Å². The smallest absolute Gasteiger partial charge is 0.239 e. The zero-order valence-electron chi connectivity index (χ0n) is 17.2. The molecule has 0 aliphatic carbocycles. The summed E-state index contributed by atoms with van der Waals surface area (Å²) in [4.78, 5) is 31.6. The number of aromatic nitrogens is 2. The van der Waals surface area contributed by atoms with Crippen LogP contribution in [0.3, 0.4) is 0 Å². The first-order valence-corrected chi connectivity index (χ1v) is 11.9. The molecule has 2 heterocycles. The molecule has 2 aromatic carbocycles. The van der Waals surface area contributed by atoms with Gasteiger partial charge in [-0.05, 0) is 35.4 Å². The summed E-state index contributed by atoms with van der Waals surface area (Å²) in [5.74, 6) is -0.364. The van der Waals surface area contributed by atoms with Crippen molar-refractivity contribution in [2.24, 2.45) is 0 Å². The minimum atomic E-state index is -0.229. The van der Waals surface area contributed by atoms with Gasteiger partial charge in [-0.1, -0.05) is 51.8 Å². The highest BCUT2D eigenvalue weighted by molar-refractivity contribution is 9.10. The monoisotopic (exact) mass is 530 g/mol. The normalized spacial score (nSPS) is 11.0. The highest BCUT2D eigenvalue weighted by Gasteiger charge is 2.16. The lowest BCUT2D eigenvalue weighted by atomic mass is 10.1. The molecular formula is C23H20BrClN4O2S. The maximum atomic E-state index is 12.5. The van der Waals surface area contributed by atoms with Crippen LogP contribution >= 0.6 is 38.9 Å². The quantitative estimate of drug-likeness (QED) is 0.373. The Bertz CT molecular complexity index is 1250. The van der Waals surface area contributed by atoms with Gasteiger partial charge in [0, 0.05) is 21.9 Å². The standard InChI is InChI=1S/C23H20BrClN4O2S/c1-28(22(31)10-15-2-8-18(25)9-3-15)13-21(30)26-11-19-12-27-23-29(19)20(14-32-23)16-4-6-17(24)7-5-16/h2-9,12,14H,10-11,13H2,1H3,(H,26,30). The Kier molecular flexibility index (Phi) is 6.93. The topological polar surface area (TPSA) is 66.7 Å². The van der Waals surface area contributed by atoms with Gasteiger partial charge in [-0.25, -0.2) is 4.98 Å². The Morgan fingerprint density at radius 3 is 2.59 bits per heavy atom. The number of nitrogens with one attached hydrogen (secondary N) is 1. The Balaban J connectivity index is 1.37. The first-order chi connectivity index (χ1) is 15.4. The second-order valence-corrected chi connectivity index (χ2v) is 9.51. The Morgan fingerprint density at radius 1 is 1.16 bits per heavy atom. The molecule has 0 atom stereocenters. The summed E-state index contributed by atoms with van der Waals surface area (Å²) in [5.41, 5.74) is 3.82. The van der Waals surface area contributed by atoms with Crippen molar-refractivity contribution in [3.05, 3.63) is 80.9 Å². The molecule has 0 unspecified atom stereocenters. The van der Waals surface area contributed by atoms with Crippen LogP contribution in [0.15, 0.2) is 64.6 Å². The van der Waals surface area contributed by atoms with Gasteiger partial charge in [0.1, 0.15) is 0 Å². The summed E-state index contributed by atoms with van der Waals surface area (Å²) in [6.07, 6.45) is 1.99. The zero-order chi connectivity index (χ0) is 22.7. The van der Waals surface area contributed by atoms with Gasteiger partial charge in [-0.15, -0.1) is 11.3 Å². The number of hydrogen-bond acceptors (Lipinski definition) is 4. The summed E-state index contributed by atoms with van der Waals surface area (Å²) in [5, 5.41) is 5.58. The van der Waals surface area contributed by atoms with Crippen LogP contribution in [0.1, 0.15) is 11.3 Å². The number of carbonyl (C=O) groups is 2. The molecule has 0 aliphatic heterocycles. The van der Waals surface area contributed by atoms with Crippen LogP contribution in [0.25, 0.3) is 16.2 Å². The predicted octanol–water partition coefficient (Wildman–Crippen LogP) is 4.80. The van der Waals surface area contributed by atoms with Crippen molar-refractivity contribution in [3.8, 4) is 11.3 Å². The summed E-state index contributed by atoms with van der Waals surface area (Å²) in [7, 11) is 1.62. The summed E-state index contributed by atoms with van der Waals surface area (Å²) in [6.45, 7) is 0.303. The van der Waals surface area contributed by atoms with Crippen LogP contribution < -0.4 is 5.32 Å². The molecular weight excluding hydrogens is 512 g/mol. The molecule has 0 fully saturated rings. The molecule has 6 nitrogen and oxygen atoms in total. The lowest BCUT2D eigenvalue weighted by molar-refractivity contribution is -0.134. The molecule has 1 N–H and O–H groups in total. The lowest BCUT2D eigenvalue weighted by Gasteiger charge is -2.17. The van der Waals surface area contributed by atoms with Gasteiger partial charge in [0.2, 0.25) is 11.8 Å². The van der Waals surface area contributed by atoms with Gasteiger partial charge >= 0.3 is 0 Å². The van der Waals surface area contributed by atoms with E-state index in [0.29, 0.717) is 11.6 Å². The van der Waals surface area contributed by atoms with Crippen LogP contribution in [-0.4, -0.2) is 39.7 Å². The van der Waals surface area contributed by atoms with E-state index in [1.54, 1.807) is 36.7 Å². The molecule has 2 amide bonds. The SMILES string of the molecule is CN(CC(=O)NCc1cnc2scc(-c3ccc(Br)cc3)n12)C(=O)Cc1ccc(Cl)cc1. The highest BCUT2D eigenvalue weighted by atomic mass is 79.9. The third-order valence-electron chi connectivity index (χ3n) is 5.00.